The lowest BCUT2D eigenvalue weighted by molar-refractivity contribution is 0.467. The van der Waals surface area contributed by atoms with Crippen molar-refractivity contribution in [3.8, 4) is 0 Å². The molecule has 0 amide bonds. The van der Waals surface area contributed by atoms with Gasteiger partial charge in [0.2, 0.25) is 0 Å². The maximum atomic E-state index is 13.2. The molecule has 3 heteroatoms. The van der Waals surface area contributed by atoms with E-state index in [0.29, 0.717) is 6.04 Å². The lowest BCUT2D eigenvalue weighted by Gasteiger charge is -2.20. The predicted octanol–water partition coefficient (Wildman–Crippen LogP) is 4.66. The second kappa shape index (κ2) is 6.85. The van der Waals surface area contributed by atoms with Crippen LogP contribution in [0.1, 0.15) is 50.6 Å². The summed E-state index contributed by atoms with van der Waals surface area (Å²) >= 11 is 2.25. The van der Waals surface area contributed by atoms with Gasteiger partial charge in [-0.1, -0.05) is 25.8 Å². The highest BCUT2D eigenvalue weighted by molar-refractivity contribution is 14.1. The highest BCUT2D eigenvalue weighted by Gasteiger charge is 2.23. The predicted molar refractivity (Wildman–Crippen MR) is 82.1 cm³/mol. The van der Waals surface area contributed by atoms with Gasteiger partial charge in [0, 0.05) is 9.61 Å². The molecule has 18 heavy (non-hydrogen) atoms. The Morgan fingerprint density at radius 3 is 2.83 bits per heavy atom. The van der Waals surface area contributed by atoms with Crippen molar-refractivity contribution < 1.29 is 4.39 Å². The van der Waals surface area contributed by atoms with E-state index in [1.54, 1.807) is 12.1 Å². The Balaban J connectivity index is 2.04. The fraction of sp³-hybridized carbons (Fsp3) is 0.600. The zero-order valence-corrected chi connectivity index (χ0v) is 13.0. The molecule has 1 unspecified atom stereocenters. The van der Waals surface area contributed by atoms with Crippen LogP contribution in [-0.4, -0.2) is 6.54 Å². The van der Waals surface area contributed by atoms with Gasteiger partial charge in [0.25, 0.3) is 0 Å². The number of benzene rings is 1. The van der Waals surface area contributed by atoms with E-state index in [1.807, 2.05) is 6.07 Å². The van der Waals surface area contributed by atoms with Gasteiger partial charge in [-0.05, 0) is 72.0 Å². The molecule has 100 valence electrons. The molecule has 0 aromatic heterocycles. The normalized spacial score (nSPS) is 16.8. The van der Waals surface area contributed by atoms with Gasteiger partial charge in [0.15, 0.2) is 0 Å². The van der Waals surface area contributed by atoms with Crippen LogP contribution in [0, 0.1) is 15.3 Å². The first-order chi connectivity index (χ1) is 8.70. The molecule has 1 nitrogen and oxygen atoms in total. The molecule has 1 atom stereocenters. The Labute approximate surface area is 123 Å². The molecule has 1 saturated carbocycles. The Morgan fingerprint density at radius 2 is 2.22 bits per heavy atom. The minimum Gasteiger partial charge on any atom is -0.310 e. The maximum Gasteiger partial charge on any atom is 0.124 e. The van der Waals surface area contributed by atoms with Crippen molar-refractivity contribution in [3.63, 3.8) is 0 Å². The van der Waals surface area contributed by atoms with Crippen LogP contribution in [0.4, 0.5) is 4.39 Å². The van der Waals surface area contributed by atoms with Crippen molar-refractivity contribution in [2.24, 2.45) is 5.92 Å². The summed E-state index contributed by atoms with van der Waals surface area (Å²) < 4.78 is 14.2. The lowest BCUT2D eigenvalue weighted by atomic mass is 10.00. The van der Waals surface area contributed by atoms with E-state index in [-0.39, 0.29) is 5.82 Å². The van der Waals surface area contributed by atoms with Crippen molar-refractivity contribution in [3.05, 3.63) is 33.1 Å². The topological polar surface area (TPSA) is 12.0 Å². The summed E-state index contributed by atoms with van der Waals surface area (Å²) in [5.41, 5.74) is 1.26. The van der Waals surface area contributed by atoms with E-state index in [9.17, 15) is 4.39 Å². The van der Waals surface area contributed by atoms with E-state index in [4.69, 9.17) is 0 Å². The summed E-state index contributed by atoms with van der Waals surface area (Å²) in [4.78, 5) is 0. The Hall–Kier alpha value is -0.160. The lowest BCUT2D eigenvalue weighted by Crippen LogP contribution is -2.23. The first kappa shape index (κ1) is 14.3. The summed E-state index contributed by atoms with van der Waals surface area (Å²) in [7, 11) is 0. The van der Waals surface area contributed by atoms with Gasteiger partial charge in [0.1, 0.15) is 5.82 Å². The van der Waals surface area contributed by atoms with Crippen LogP contribution >= 0.6 is 22.6 Å². The van der Waals surface area contributed by atoms with Gasteiger partial charge < -0.3 is 5.32 Å². The van der Waals surface area contributed by atoms with Crippen molar-refractivity contribution in [2.45, 2.75) is 45.1 Å². The molecule has 1 aliphatic carbocycles. The number of halogens is 2. The molecule has 0 saturated heterocycles. The van der Waals surface area contributed by atoms with E-state index in [0.717, 1.165) is 22.5 Å². The molecule has 0 bridgehead atoms. The molecule has 1 aliphatic rings. The highest BCUT2D eigenvalue weighted by atomic mass is 127. The van der Waals surface area contributed by atoms with Crippen molar-refractivity contribution in [2.75, 3.05) is 6.54 Å². The highest BCUT2D eigenvalue weighted by Crippen LogP contribution is 2.36. The van der Waals surface area contributed by atoms with E-state index < -0.39 is 0 Å². The Kier molecular flexibility index (Phi) is 5.42. The molecular weight excluding hydrogens is 340 g/mol. The maximum absolute atomic E-state index is 13.2. The quantitative estimate of drug-likeness (QED) is 0.697. The SMILES string of the molecule is CCCNC(CCC1CC1)c1ccc(F)cc1I. The van der Waals surface area contributed by atoms with Crippen molar-refractivity contribution in [1.29, 1.82) is 0 Å². The van der Waals surface area contributed by atoms with Gasteiger partial charge in [-0.25, -0.2) is 4.39 Å². The van der Waals surface area contributed by atoms with E-state index in [2.05, 4.69) is 34.8 Å². The Morgan fingerprint density at radius 1 is 1.44 bits per heavy atom. The molecule has 1 aromatic carbocycles. The molecule has 0 spiro atoms. The average Bonchev–Trinajstić information content (AvgIpc) is 3.14. The third-order valence-corrected chi connectivity index (χ3v) is 4.47. The largest absolute Gasteiger partial charge is 0.310 e. The Bertz CT molecular complexity index is 390. The van der Waals surface area contributed by atoms with Gasteiger partial charge >= 0.3 is 0 Å². The average molecular weight is 361 g/mol. The summed E-state index contributed by atoms with van der Waals surface area (Å²) in [6, 6.07) is 5.54. The second-order valence-electron chi connectivity index (χ2n) is 5.19. The molecule has 1 N–H and O–H groups in total. The third kappa shape index (κ3) is 4.19. The van der Waals surface area contributed by atoms with E-state index >= 15 is 0 Å². The number of nitrogens with one attached hydrogen (secondary N) is 1. The van der Waals surface area contributed by atoms with Gasteiger partial charge in [-0.15, -0.1) is 0 Å². The summed E-state index contributed by atoms with van der Waals surface area (Å²) in [5.74, 6) is 0.814. The molecule has 0 radical (unpaired) electrons. The summed E-state index contributed by atoms with van der Waals surface area (Å²) in [6.45, 7) is 3.21. The minimum atomic E-state index is -0.139. The molecule has 2 rings (SSSR count). The zero-order chi connectivity index (χ0) is 13.0. The van der Waals surface area contributed by atoms with Crippen LogP contribution in [0.25, 0.3) is 0 Å². The van der Waals surface area contributed by atoms with Gasteiger partial charge in [-0.3, -0.25) is 0 Å². The van der Waals surface area contributed by atoms with Crippen LogP contribution in [0.3, 0.4) is 0 Å². The summed E-state index contributed by atoms with van der Waals surface area (Å²) in [6.07, 6.45) is 6.42. The zero-order valence-electron chi connectivity index (χ0n) is 10.9. The van der Waals surface area contributed by atoms with Crippen LogP contribution in [0.5, 0.6) is 0 Å². The molecule has 0 heterocycles. The first-order valence-corrected chi connectivity index (χ1v) is 7.97. The van der Waals surface area contributed by atoms with Crippen LogP contribution in [-0.2, 0) is 0 Å². The number of hydrogen-bond donors (Lipinski definition) is 1. The fourth-order valence-corrected chi connectivity index (χ4v) is 3.13. The van der Waals surface area contributed by atoms with Crippen LogP contribution < -0.4 is 5.32 Å². The smallest absolute Gasteiger partial charge is 0.124 e. The van der Waals surface area contributed by atoms with Crippen LogP contribution in [0.15, 0.2) is 18.2 Å². The number of hydrogen-bond acceptors (Lipinski definition) is 1. The van der Waals surface area contributed by atoms with Crippen molar-refractivity contribution >= 4 is 22.6 Å². The van der Waals surface area contributed by atoms with Crippen LogP contribution in [0.2, 0.25) is 0 Å². The van der Waals surface area contributed by atoms with Crippen molar-refractivity contribution in [1.82, 2.24) is 5.32 Å². The molecule has 1 fully saturated rings. The molecular formula is C15H21FIN. The number of rotatable bonds is 7. The van der Waals surface area contributed by atoms with E-state index in [1.165, 1.54) is 31.2 Å². The fourth-order valence-electron chi connectivity index (χ4n) is 2.28. The summed E-state index contributed by atoms with van der Waals surface area (Å²) in [5, 5.41) is 3.60. The van der Waals surface area contributed by atoms with Gasteiger partial charge in [-0.2, -0.15) is 0 Å². The third-order valence-electron chi connectivity index (χ3n) is 3.54. The standard InChI is InChI=1S/C15H21FIN/c1-2-9-18-15(8-5-11-3-4-11)13-7-6-12(16)10-14(13)17/h6-7,10-11,15,18H,2-5,8-9H2,1H3. The second-order valence-corrected chi connectivity index (χ2v) is 6.36. The minimum absolute atomic E-state index is 0.139. The molecule has 1 aromatic rings. The van der Waals surface area contributed by atoms with Gasteiger partial charge in [0.05, 0.1) is 0 Å². The monoisotopic (exact) mass is 361 g/mol. The molecule has 0 aliphatic heterocycles. The first-order valence-electron chi connectivity index (χ1n) is 6.89.